The summed E-state index contributed by atoms with van der Waals surface area (Å²) in [6.45, 7) is 0. The van der Waals surface area contributed by atoms with Crippen LogP contribution in [0.25, 0.3) is 10.8 Å². The second kappa shape index (κ2) is 10.0. The van der Waals surface area contributed by atoms with E-state index in [-0.39, 0.29) is 0 Å². The number of rotatable bonds is 5. The zero-order valence-electron chi connectivity index (χ0n) is 27.1. The van der Waals surface area contributed by atoms with Crippen molar-refractivity contribution in [2.75, 3.05) is 9.80 Å². The Morgan fingerprint density at radius 2 is 1.21 bits per heavy atom. The molecule has 1 spiro atoms. The number of anilines is 6. The van der Waals surface area contributed by atoms with Gasteiger partial charge in [0.05, 0.1) is 11.4 Å². The quantitative estimate of drug-likeness (QED) is 0.185. The van der Waals surface area contributed by atoms with Crippen LogP contribution in [-0.2, 0) is 5.41 Å². The summed E-state index contributed by atoms with van der Waals surface area (Å²) in [6, 6.07) is 52.1. The molecular weight excluding hydrogens is 601 g/mol. The van der Waals surface area contributed by atoms with Gasteiger partial charge in [0.1, 0.15) is 0 Å². The van der Waals surface area contributed by atoms with E-state index < -0.39 is 0 Å². The molecule has 5 atom stereocenters. The second-order valence-corrected chi connectivity index (χ2v) is 16.4. The van der Waals surface area contributed by atoms with E-state index in [0.29, 0.717) is 10.8 Å². The fourth-order valence-electron chi connectivity index (χ4n) is 11.2. The van der Waals surface area contributed by atoms with E-state index in [1.165, 1.54) is 93.2 Å². The monoisotopic (exact) mass is 638 g/mol. The lowest BCUT2D eigenvalue weighted by atomic mass is 9.55. The first kappa shape index (κ1) is 27.5. The largest absolute Gasteiger partial charge is 0.310 e. The van der Waals surface area contributed by atoms with E-state index in [0.717, 1.165) is 17.8 Å². The predicted octanol–water partition coefficient (Wildman–Crippen LogP) is 12.7. The van der Waals surface area contributed by atoms with Gasteiger partial charge in [-0.15, -0.1) is 0 Å². The van der Waals surface area contributed by atoms with Crippen LogP contribution >= 0.6 is 11.8 Å². The summed E-state index contributed by atoms with van der Waals surface area (Å²) >= 11 is 1.86. The first-order valence-corrected chi connectivity index (χ1v) is 18.6. The Hall–Kier alpha value is -4.47. The van der Waals surface area contributed by atoms with Gasteiger partial charge < -0.3 is 9.80 Å². The molecule has 6 aromatic carbocycles. The molecule has 2 nitrogen and oxygen atoms in total. The van der Waals surface area contributed by atoms with Crippen LogP contribution in [0.3, 0.4) is 0 Å². The van der Waals surface area contributed by atoms with Crippen LogP contribution in [0.2, 0.25) is 0 Å². The third-order valence-corrected chi connectivity index (χ3v) is 14.1. The van der Waals surface area contributed by atoms with Crippen LogP contribution in [0.15, 0.2) is 149 Å². The fourth-order valence-corrected chi connectivity index (χ4v) is 12.2. The van der Waals surface area contributed by atoms with Crippen molar-refractivity contribution < 1.29 is 0 Å². The summed E-state index contributed by atoms with van der Waals surface area (Å²) in [7, 11) is 0. The summed E-state index contributed by atoms with van der Waals surface area (Å²) in [5.41, 5.74) is 9.93. The molecule has 1 heterocycles. The minimum absolute atomic E-state index is 0.409. The van der Waals surface area contributed by atoms with E-state index in [4.69, 9.17) is 0 Å². The van der Waals surface area contributed by atoms with E-state index >= 15 is 0 Å². The van der Waals surface area contributed by atoms with Crippen molar-refractivity contribution in [2.45, 2.75) is 53.7 Å². The van der Waals surface area contributed by atoms with E-state index in [9.17, 15) is 0 Å². The smallest absolute Gasteiger partial charge is 0.0601 e. The molecule has 11 rings (SSSR count). The molecule has 5 unspecified atom stereocenters. The first-order chi connectivity index (χ1) is 23.7. The van der Waals surface area contributed by atoms with Crippen molar-refractivity contribution in [3.8, 4) is 0 Å². The lowest BCUT2D eigenvalue weighted by molar-refractivity contribution is -0.000160. The number of nitrogens with zero attached hydrogens (tertiary/aromatic N) is 2. The number of para-hydroxylation sites is 2. The van der Waals surface area contributed by atoms with Crippen molar-refractivity contribution >= 4 is 56.7 Å². The summed E-state index contributed by atoms with van der Waals surface area (Å²) in [5.74, 6) is 2.98. The van der Waals surface area contributed by atoms with Gasteiger partial charge >= 0.3 is 0 Å². The molecule has 0 amide bonds. The molecule has 0 aromatic heterocycles. The zero-order valence-corrected chi connectivity index (χ0v) is 27.9. The molecule has 5 aliphatic rings. The van der Waals surface area contributed by atoms with Crippen molar-refractivity contribution in [2.24, 2.45) is 23.2 Å². The molecule has 3 bridgehead atoms. The maximum Gasteiger partial charge on any atom is 0.0601 e. The Labute approximate surface area is 287 Å². The molecule has 4 fully saturated rings. The van der Waals surface area contributed by atoms with Gasteiger partial charge in [0.15, 0.2) is 0 Å². The third-order valence-electron chi connectivity index (χ3n) is 13.0. The Balaban J connectivity index is 0.993. The Morgan fingerprint density at radius 3 is 1.96 bits per heavy atom. The average molecular weight is 639 g/mol. The summed E-state index contributed by atoms with van der Waals surface area (Å²) in [6.07, 6.45) is 8.84. The number of fused-ring (bicyclic) bond motifs is 5. The summed E-state index contributed by atoms with van der Waals surface area (Å²) in [5, 5.41) is 2.53. The zero-order chi connectivity index (χ0) is 31.5. The number of hydrogen-bond donors (Lipinski definition) is 0. The summed E-state index contributed by atoms with van der Waals surface area (Å²) in [4.78, 5) is 7.43. The van der Waals surface area contributed by atoms with Gasteiger partial charge in [-0.1, -0.05) is 78.5 Å². The Bertz CT molecular complexity index is 2170. The molecule has 0 N–H and O–H groups in total. The lowest BCUT2D eigenvalue weighted by Crippen LogP contribution is -2.42. The molecular formula is C45H38N2S. The predicted molar refractivity (Wildman–Crippen MR) is 200 cm³/mol. The van der Waals surface area contributed by atoms with E-state index in [1.54, 1.807) is 5.56 Å². The molecule has 3 heteroatoms. The van der Waals surface area contributed by atoms with Crippen LogP contribution in [0.4, 0.5) is 34.1 Å². The van der Waals surface area contributed by atoms with Gasteiger partial charge in [0, 0.05) is 32.5 Å². The number of benzene rings is 6. The molecule has 0 saturated heterocycles. The highest BCUT2D eigenvalue weighted by Gasteiger charge is 2.70. The van der Waals surface area contributed by atoms with Crippen molar-refractivity contribution in [1.82, 2.24) is 0 Å². The highest BCUT2D eigenvalue weighted by Crippen LogP contribution is 2.79. The third kappa shape index (κ3) is 3.88. The normalized spacial score (nSPS) is 27.3. The SMILES string of the molecule is c1ccc2c(c1)Sc1ccccc1N2c1ccc(N(c2ccc(C34CC5CC6CC(C3)C6(C5)C4)cc2)c2ccc3ccccc3c2)cc1. The lowest BCUT2D eigenvalue weighted by Gasteiger charge is -2.49. The van der Waals surface area contributed by atoms with Crippen molar-refractivity contribution in [3.63, 3.8) is 0 Å². The number of hydrogen-bond acceptors (Lipinski definition) is 3. The minimum Gasteiger partial charge on any atom is -0.310 e. The van der Waals surface area contributed by atoms with Gasteiger partial charge in [-0.05, 0) is 156 Å². The maximum absolute atomic E-state index is 2.50. The fraction of sp³-hybridized carbons (Fsp3) is 0.244. The first-order valence-electron chi connectivity index (χ1n) is 17.8. The van der Waals surface area contributed by atoms with E-state index in [2.05, 4.69) is 149 Å². The van der Waals surface area contributed by atoms with Crippen LogP contribution in [-0.4, -0.2) is 0 Å². The minimum atomic E-state index is 0.409. The molecule has 48 heavy (non-hydrogen) atoms. The topological polar surface area (TPSA) is 6.48 Å². The van der Waals surface area contributed by atoms with Gasteiger partial charge in [0.25, 0.3) is 0 Å². The molecule has 0 radical (unpaired) electrons. The molecule has 1 aliphatic heterocycles. The molecule has 6 aromatic rings. The Kier molecular flexibility index (Phi) is 5.74. The maximum atomic E-state index is 2.50. The van der Waals surface area contributed by atoms with Crippen LogP contribution in [0.5, 0.6) is 0 Å². The van der Waals surface area contributed by atoms with E-state index in [1.807, 2.05) is 11.8 Å². The van der Waals surface area contributed by atoms with Crippen LogP contribution < -0.4 is 9.80 Å². The molecule has 234 valence electrons. The average Bonchev–Trinajstić information content (AvgIpc) is 3.45. The van der Waals surface area contributed by atoms with Crippen LogP contribution in [0.1, 0.15) is 44.1 Å². The molecule has 4 aliphatic carbocycles. The second-order valence-electron chi connectivity index (χ2n) is 15.3. The van der Waals surface area contributed by atoms with Crippen LogP contribution in [0, 0.1) is 23.2 Å². The van der Waals surface area contributed by atoms with Gasteiger partial charge in [-0.25, -0.2) is 0 Å². The van der Waals surface area contributed by atoms with Crippen molar-refractivity contribution in [1.29, 1.82) is 0 Å². The van der Waals surface area contributed by atoms with Gasteiger partial charge in [0.2, 0.25) is 0 Å². The molecule has 4 saturated carbocycles. The Morgan fingerprint density at radius 1 is 0.562 bits per heavy atom. The highest BCUT2D eigenvalue weighted by atomic mass is 32.2. The highest BCUT2D eigenvalue weighted by molar-refractivity contribution is 7.99. The standard InChI is InChI=1S/C45H38N2S/c1-2-8-32-24-39(16-13-31(32)7-1)46(36-17-14-33(15-18-36)44-26-30-23-34-25-35(28-44)45(34,27-30)29-44)37-19-21-38(22-20-37)47-40-9-3-5-11-42(40)48-43-12-6-4-10-41(43)47/h1-22,24,30,34-35H,23,25-29H2. The van der Waals surface area contributed by atoms with Crippen molar-refractivity contribution in [3.05, 3.63) is 145 Å². The van der Waals surface area contributed by atoms with Gasteiger partial charge in [-0.3, -0.25) is 0 Å². The summed E-state index contributed by atoms with van der Waals surface area (Å²) < 4.78 is 0. The van der Waals surface area contributed by atoms with Gasteiger partial charge in [-0.2, -0.15) is 0 Å².